The number of fused-ring (bicyclic) bond motifs is 1. The van der Waals surface area contributed by atoms with E-state index < -0.39 is 0 Å². The number of hydrogen-bond acceptors (Lipinski definition) is 1. The number of allylic oxidation sites excluding steroid dienone is 1. The van der Waals surface area contributed by atoms with Gasteiger partial charge in [0, 0.05) is 38.3 Å². The Morgan fingerprint density at radius 3 is 2.43 bits per heavy atom. The Kier molecular flexibility index (Phi) is 5.44. The molecule has 0 amide bonds. The van der Waals surface area contributed by atoms with Gasteiger partial charge in [0.2, 0.25) is 0 Å². The Bertz CT molecular complexity index is 1150. The Hall–Kier alpha value is -2.66. The molecule has 28 heavy (non-hydrogen) atoms. The molecule has 0 fully saturated rings. The fourth-order valence-electron chi connectivity index (χ4n) is 3.30. The van der Waals surface area contributed by atoms with Crippen LogP contribution in [-0.4, -0.2) is 10.4 Å². The lowest BCUT2D eigenvalue weighted by Gasteiger charge is -2.05. The summed E-state index contributed by atoms with van der Waals surface area (Å²) in [5.74, 6) is 0.0227. The summed E-state index contributed by atoms with van der Waals surface area (Å²) in [6, 6.07) is 24.6. The molecule has 0 aliphatic rings. The highest BCUT2D eigenvalue weighted by Crippen LogP contribution is 2.24. The molecular weight excluding hydrogens is 457 g/mol. The summed E-state index contributed by atoms with van der Waals surface area (Å²) in [6.07, 6.45) is 5.72. The predicted octanol–water partition coefficient (Wildman–Crippen LogP) is 6.50. The molecule has 0 aliphatic heterocycles. The largest absolute Gasteiger partial charge is 0.342 e. The fraction of sp³-hybridized carbons (Fsp3) is 0.0800. The summed E-state index contributed by atoms with van der Waals surface area (Å²) >= 11 is 2.32. The van der Waals surface area contributed by atoms with Crippen molar-refractivity contribution in [1.82, 2.24) is 4.57 Å². The second-order valence-electron chi connectivity index (χ2n) is 6.92. The van der Waals surface area contributed by atoms with E-state index in [1.54, 1.807) is 6.08 Å². The van der Waals surface area contributed by atoms with E-state index in [9.17, 15) is 4.79 Å². The third kappa shape index (κ3) is 4.09. The molecule has 1 heterocycles. The molecule has 138 valence electrons. The summed E-state index contributed by atoms with van der Waals surface area (Å²) < 4.78 is 3.48. The highest BCUT2D eigenvalue weighted by molar-refractivity contribution is 14.1. The summed E-state index contributed by atoms with van der Waals surface area (Å²) in [4.78, 5) is 12.5. The van der Waals surface area contributed by atoms with Crippen molar-refractivity contribution >= 4 is 45.4 Å². The Balaban J connectivity index is 1.64. The number of halogens is 1. The molecule has 0 unspecified atom stereocenters. The van der Waals surface area contributed by atoms with Crippen LogP contribution in [0.15, 0.2) is 85.1 Å². The van der Waals surface area contributed by atoms with Gasteiger partial charge in [0.05, 0.1) is 0 Å². The molecule has 3 aromatic carbocycles. The molecule has 0 radical (unpaired) electrons. The first-order valence-corrected chi connectivity index (χ1v) is 10.3. The number of ketones is 1. The van der Waals surface area contributed by atoms with Crippen LogP contribution < -0.4 is 0 Å². The molecule has 0 saturated heterocycles. The van der Waals surface area contributed by atoms with Gasteiger partial charge in [-0.2, -0.15) is 0 Å². The minimum absolute atomic E-state index is 0.0227. The molecule has 3 heteroatoms. The van der Waals surface area contributed by atoms with Crippen LogP contribution in [0.2, 0.25) is 0 Å². The Morgan fingerprint density at radius 2 is 1.68 bits per heavy atom. The van der Waals surface area contributed by atoms with Gasteiger partial charge in [0.15, 0.2) is 5.78 Å². The fourth-order valence-corrected chi connectivity index (χ4v) is 3.66. The van der Waals surface area contributed by atoms with Crippen LogP contribution in [0.4, 0.5) is 0 Å². The SMILES string of the molecule is Cc1ccc(C(=O)/C=C/c2cn(Cc3ccc(I)cc3)c3ccccc23)cc1. The lowest BCUT2D eigenvalue weighted by atomic mass is 10.1. The van der Waals surface area contributed by atoms with Crippen molar-refractivity contribution in [2.45, 2.75) is 13.5 Å². The molecule has 0 N–H and O–H groups in total. The van der Waals surface area contributed by atoms with Gasteiger partial charge in [-0.25, -0.2) is 0 Å². The molecule has 0 atom stereocenters. The highest BCUT2D eigenvalue weighted by Gasteiger charge is 2.08. The second-order valence-corrected chi connectivity index (χ2v) is 8.17. The van der Waals surface area contributed by atoms with E-state index in [4.69, 9.17) is 0 Å². The molecule has 0 spiro atoms. The minimum Gasteiger partial charge on any atom is -0.342 e. The molecule has 4 aromatic rings. The third-order valence-electron chi connectivity index (χ3n) is 4.84. The molecule has 0 aliphatic carbocycles. The quantitative estimate of drug-likeness (QED) is 0.183. The van der Waals surface area contributed by atoms with Gasteiger partial charge < -0.3 is 4.57 Å². The predicted molar refractivity (Wildman–Crippen MR) is 125 cm³/mol. The second kappa shape index (κ2) is 8.15. The zero-order valence-corrected chi connectivity index (χ0v) is 17.8. The molecule has 0 bridgehead atoms. The maximum Gasteiger partial charge on any atom is 0.185 e. The van der Waals surface area contributed by atoms with E-state index in [0.29, 0.717) is 5.56 Å². The van der Waals surface area contributed by atoms with Gasteiger partial charge in [-0.1, -0.05) is 60.2 Å². The average molecular weight is 477 g/mol. The third-order valence-corrected chi connectivity index (χ3v) is 5.56. The number of para-hydroxylation sites is 1. The highest BCUT2D eigenvalue weighted by atomic mass is 127. The average Bonchev–Trinajstić information content (AvgIpc) is 3.06. The van der Waals surface area contributed by atoms with E-state index in [1.165, 1.54) is 14.7 Å². The van der Waals surface area contributed by atoms with Crippen molar-refractivity contribution < 1.29 is 4.79 Å². The van der Waals surface area contributed by atoms with Crippen LogP contribution in [0, 0.1) is 10.5 Å². The molecule has 0 saturated carbocycles. The van der Waals surface area contributed by atoms with Gasteiger partial charge >= 0.3 is 0 Å². The van der Waals surface area contributed by atoms with Crippen molar-refractivity contribution in [1.29, 1.82) is 0 Å². The van der Waals surface area contributed by atoms with Crippen LogP contribution in [0.1, 0.15) is 27.0 Å². The maximum atomic E-state index is 12.5. The number of benzene rings is 3. The lowest BCUT2D eigenvalue weighted by molar-refractivity contribution is 0.104. The molecule has 4 rings (SSSR count). The minimum atomic E-state index is 0.0227. The number of aryl methyl sites for hydroxylation is 1. The van der Waals surface area contributed by atoms with Crippen LogP contribution in [0.5, 0.6) is 0 Å². The first kappa shape index (κ1) is 18.7. The summed E-state index contributed by atoms with van der Waals surface area (Å²) in [6.45, 7) is 2.82. The summed E-state index contributed by atoms with van der Waals surface area (Å²) in [5, 5.41) is 1.15. The van der Waals surface area contributed by atoms with Crippen molar-refractivity contribution in [3.05, 3.63) is 111 Å². The number of hydrogen-bond donors (Lipinski definition) is 0. The molecule has 2 nitrogen and oxygen atoms in total. The number of aromatic nitrogens is 1. The summed E-state index contributed by atoms with van der Waals surface area (Å²) in [7, 11) is 0. The molecule has 1 aromatic heterocycles. The van der Waals surface area contributed by atoms with E-state index in [0.717, 1.165) is 23.1 Å². The monoisotopic (exact) mass is 477 g/mol. The van der Waals surface area contributed by atoms with Crippen molar-refractivity contribution in [3.8, 4) is 0 Å². The standard InChI is InChI=1S/C25H20INO/c1-18-6-10-20(11-7-18)25(28)15-12-21-17-27(24-5-3-2-4-23(21)24)16-19-8-13-22(26)14-9-19/h2-15,17H,16H2,1H3/b15-12+. The van der Waals surface area contributed by atoms with Crippen molar-refractivity contribution in [3.63, 3.8) is 0 Å². The molecular formula is C25H20INO. The normalized spacial score (nSPS) is 11.4. The number of nitrogens with zero attached hydrogens (tertiary/aromatic N) is 1. The topological polar surface area (TPSA) is 22.0 Å². The maximum absolute atomic E-state index is 12.5. The van der Waals surface area contributed by atoms with Gasteiger partial charge in [0.25, 0.3) is 0 Å². The first-order chi connectivity index (χ1) is 13.6. The number of rotatable bonds is 5. The van der Waals surface area contributed by atoms with E-state index >= 15 is 0 Å². The van der Waals surface area contributed by atoms with E-state index in [2.05, 4.69) is 75.8 Å². The van der Waals surface area contributed by atoms with Crippen LogP contribution >= 0.6 is 22.6 Å². The van der Waals surface area contributed by atoms with E-state index in [-0.39, 0.29) is 5.78 Å². The Morgan fingerprint density at radius 1 is 0.964 bits per heavy atom. The first-order valence-electron chi connectivity index (χ1n) is 9.21. The van der Waals surface area contributed by atoms with Gasteiger partial charge in [0.1, 0.15) is 0 Å². The van der Waals surface area contributed by atoms with Gasteiger partial charge in [-0.15, -0.1) is 0 Å². The zero-order chi connectivity index (χ0) is 19.5. The lowest BCUT2D eigenvalue weighted by Crippen LogP contribution is -1.97. The smallest absolute Gasteiger partial charge is 0.185 e. The summed E-state index contributed by atoms with van der Waals surface area (Å²) in [5.41, 5.74) is 5.35. The zero-order valence-electron chi connectivity index (χ0n) is 15.6. The Labute approximate surface area is 178 Å². The van der Waals surface area contributed by atoms with E-state index in [1.807, 2.05) is 43.3 Å². The van der Waals surface area contributed by atoms with Crippen molar-refractivity contribution in [2.75, 3.05) is 0 Å². The van der Waals surface area contributed by atoms with Gasteiger partial charge in [-0.05, 0) is 65.4 Å². The van der Waals surface area contributed by atoms with Crippen LogP contribution in [0.25, 0.3) is 17.0 Å². The van der Waals surface area contributed by atoms with Crippen LogP contribution in [-0.2, 0) is 6.54 Å². The van der Waals surface area contributed by atoms with Crippen molar-refractivity contribution in [2.24, 2.45) is 0 Å². The number of carbonyl (C=O) groups excluding carboxylic acids is 1. The number of carbonyl (C=O) groups is 1. The van der Waals surface area contributed by atoms with Crippen LogP contribution in [0.3, 0.4) is 0 Å². The van der Waals surface area contributed by atoms with Gasteiger partial charge in [-0.3, -0.25) is 4.79 Å².